The molecule has 0 unspecified atom stereocenters. The summed E-state index contributed by atoms with van der Waals surface area (Å²) in [5.74, 6) is 0.440. The average molecular weight is 391 g/mol. The Kier molecular flexibility index (Phi) is 6.45. The van der Waals surface area contributed by atoms with Gasteiger partial charge in [0.05, 0.1) is 0 Å². The Bertz CT molecular complexity index is 973. The zero-order valence-electron chi connectivity index (χ0n) is 15.7. The second kappa shape index (κ2) is 9.19. The van der Waals surface area contributed by atoms with E-state index >= 15 is 0 Å². The molecule has 2 amide bonds. The number of thioether (sulfide) groups is 1. The highest BCUT2D eigenvalue weighted by Gasteiger charge is 2.13. The van der Waals surface area contributed by atoms with Crippen LogP contribution in [-0.2, 0) is 5.75 Å². The van der Waals surface area contributed by atoms with E-state index in [0.29, 0.717) is 16.8 Å². The number of carbonyl (C=O) groups excluding carboxylic acids is 2. The first-order valence-corrected chi connectivity index (χ1v) is 9.82. The van der Waals surface area contributed by atoms with E-state index in [1.54, 1.807) is 55.3 Å². The highest BCUT2D eigenvalue weighted by molar-refractivity contribution is 7.98. The number of nitrogens with one attached hydrogen (secondary N) is 2. The number of hydrogen-bond acceptors (Lipinski definition) is 4. The summed E-state index contributed by atoms with van der Waals surface area (Å²) < 4.78 is 0. The van der Waals surface area contributed by atoms with Gasteiger partial charge < -0.3 is 10.6 Å². The number of anilines is 1. The molecule has 1 aromatic heterocycles. The lowest BCUT2D eigenvalue weighted by Gasteiger charge is -2.12. The fraction of sp³-hybridized carbons (Fsp3) is 0.136. The molecular formula is C22H21N3O2S. The van der Waals surface area contributed by atoms with E-state index in [0.717, 1.165) is 21.8 Å². The van der Waals surface area contributed by atoms with Crippen LogP contribution in [0.4, 0.5) is 5.69 Å². The van der Waals surface area contributed by atoms with E-state index in [1.807, 2.05) is 37.4 Å². The monoisotopic (exact) mass is 391 g/mol. The topological polar surface area (TPSA) is 71.1 Å². The van der Waals surface area contributed by atoms with E-state index < -0.39 is 0 Å². The first kappa shape index (κ1) is 19.6. The van der Waals surface area contributed by atoms with E-state index in [1.165, 1.54) is 0 Å². The Balaban J connectivity index is 1.66. The van der Waals surface area contributed by atoms with Gasteiger partial charge in [0.15, 0.2) is 0 Å². The minimum atomic E-state index is -0.207. The summed E-state index contributed by atoms with van der Waals surface area (Å²) in [5.41, 5.74) is 3.62. The molecule has 2 N–H and O–H groups in total. The maximum Gasteiger partial charge on any atom is 0.255 e. The number of hydrogen-bond donors (Lipinski definition) is 2. The van der Waals surface area contributed by atoms with Gasteiger partial charge in [-0.1, -0.05) is 12.1 Å². The van der Waals surface area contributed by atoms with E-state index in [9.17, 15) is 9.59 Å². The van der Waals surface area contributed by atoms with Crippen molar-refractivity contribution in [3.8, 4) is 0 Å². The van der Waals surface area contributed by atoms with E-state index in [2.05, 4.69) is 15.6 Å². The molecule has 0 saturated carbocycles. The number of rotatable bonds is 6. The lowest BCUT2D eigenvalue weighted by molar-refractivity contribution is 0.0960. The smallest absolute Gasteiger partial charge is 0.255 e. The van der Waals surface area contributed by atoms with Crippen LogP contribution in [-0.4, -0.2) is 23.8 Å². The Morgan fingerprint density at radius 3 is 2.46 bits per heavy atom. The molecule has 28 heavy (non-hydrogen) atoms. The number of benzene rings is 2. The van der Waals surface area contributed by atoms with Crippen molar-refractivity contribution in [2.24, 2.45) is 0 Å². The van der Waals surface area contributed by atoms with Crippen LogP contribution >= 0.6 is 11.8 Å². The molecule has 142 valence electrons. The van der Waals surface area contributed by atoms with Crippen molar-refractivity contribution >= 4 is 29.3 Å². The highest BCUT2D eigenvalue weighted by Crippen LogP contribution is 2.24. The molecule has 1 heterocycles. The molecule has 0 aliphatic heterocycles. The third-order valence-electron chi connectivity index (χ3n) is 4.30. The molecule has 6 heteroatoms. The second-order valence-corrected chi connectivity index (χ2v) is 7.23. The molecule has 0 fully saturated rings. The summed E-state index contributed by atoms with van der Waals surface area (Å²) in [6, 6.07) is 16.7. The Morgan fingerprint density at radius 2 is 1.79 bits per heavy atom. The van der Waals surface area contributed by atoms with Crippen LogP contribution in [0.5, 0.6) is 0 Å². The van der Waals surface area contributed by atoms with Gasteiger partial charge >= 0.3 is 0 Å². The summed E-state index contributed by atoms with van der Waals surface area (Å²) in [6.45, 7) is 1.82. The molecule has 5 nitrogen and oxygen atoms in total. The number of nitrogens with zero attached hydrogens (tertiary/aromatic N) is 1. The summed E-state index contributed by atoms with van der Waals surface area (Å²) in [4.78, 5) is 29.7. The zero-order valence-corrected chi connectivity index (χ0v) is 16.5. The summed E-state index contributed by atoms with van der Waals surface area (Å²) in [6.07, 6.45) is 3.61. The first-order valence-electron chi connectivity index (χ1n) is 8.83. The van der Waals surface area contributed by atoms with Crippen molar-refractivity contribution in [3.05, 3.63) is 89.2 Å². The Hall–Kier alpha value is -3.12. The van der Waals surface area contributed by atoms with Gasteiger partial charge in [0.1, 0.15) is 0 Å². The fourth-order valence-corrected chi connectivity index (χ4v) is 3.53. The molecule has 0 spiro atoms. The quantitative estimate of drug-likeness (QED) is 0.615. The second-order valence-electron chi connectivity index (χ2n) is 6.19. The van der Waals surface area contributed by atoms with Crippen molar-refractivity contribution < 1.29 is 9.59 Å². The first-order chi connectivity index (χ1) is 13.6. The van der Waals surface area contributed by atoms with Crippen LogP contribution in [0.15, 0.2) is 71.9 Å². The van der Waals surface area contributed by atoms with Crippen molar-refractivity contribution in [1.82, 2.24) is 10.3 Å². The lowest BCUT2D eigenvalue weighted by atomic mass is 10.1. The van der Waals surface area contributed by atoms with Gasteiger partial charge in [0.2, 0.25) is 0 Å². The Labute approximate surface area is 168 Å². The van der Waals surface area contributed by atoms with E-state index in [-0.39, 0.29) is 11.8 Å². The molecule has 2 aromatic carbocycles. The third-order valence-corrected chi connectivity index (χ3v) is 5.38. The largest absolute Gasteiger partial charge is 0.355 e. The average Bonchev–Trinajstić information content (AvgIpc) is 2.74. The minimum absolute atomic E-state index is 0.177. The van der Waals surface area contributed by atoms with Crippen LogP contribution in [0.2, 0.25) is 0 Å². The summed E-state index contributed by atoms with van der Waals surface area (Å²) in [5, 5.41) is 5.50. The van der Waals surface area contributed by atoms with Gasteiger partial charge in [-0.25, -0.2) is 0 Å². The summed E-state index contributed by atoms with van der Waals surface area (Å²) in [7, 11) is 1.58. The predicted molar refractivity (Wildman–Crippen MR) is 113 cm³/mol. The van der Waals surface area contributed by atoms with Crippen molar-refractivity contribution in [2.45, 2.75) is 17.6 Å². The molecule has 0 radical (unpaired) electrons. The van der Waals surface area contributed by atoms with Crippen LogP contribution in [0.1, 0.15) is 31.8 Å². The highest BCUT2D eigenvalue weighted by atomic mass is 32.2. The van der Waals surface area contributed by atoms with Crippen molar-refractivity contribution in [1.29, 1.82) is 0 Å². The fourth-order valence-electron chi connectivity index (χ4n) is 2.70. The lowest BCUT2D eigenvalue weighted by Crippen LogP contribution is -2.20. The molecular weight excluding hydrogens is 370 g/mol. The van der Waals surface area contributed by atoms with Crippen molar-refractivity contribution in [3.63, 3.8) is 0 Å². The zero-order chi connectivity index (χ0) is 19.9. The van der Waals surface area contributed by atoms with Crippen LogP contribution in [0.25, 0.3) is 0 Å². The summed E-state index contributed by atoms with van der Waals surface area (Å²) >= 11 is 1.69. The van der Waals surface area contributed by atoms with Gasteiger partial charge in [0.25, 0.3) is 11.8 Å². The molecule has 0 aliphatic carbocycles. The maximum absolute atomic E-state index is 12.6. The SMILES string of the molecule is CNC(=O)c1cccc(NC(=O)c2ccc(SCc3cccnc3)cc2)c1C. The van der Waals surface area contributed by atoms with E-state index in [4.69, 9.17) is 0 Å². The number of amides is 2. The van der Waals surface area contributed by atoms with Gasteiger partial charge in [-0.05, 0) is 60.5 Å². The van der Waals surface area contributed by atoms with Gasteiger partial charge in [-0.3, -0.25) is 14.6 Å². The molecule has 3 rings (SSSR count). The normalized spacial score (nSPS) is 10.4. The van der Waals surface area contributed by atoms with Gasteiger partial charge in [0, 0.05) is 46.9 Å². The van der Waals surface area contributed by atoms with Crippen LogP contribution in [0, 0.1) is 6.92 Å². The maximum atomic E-state index is 12.6. The van der Waals surface area contributed by atoms with Gasteiger partial charge in [-0.15, -0.1) is 11.8 Å². The number of aromatic nitrogens is 1. The van der Waals surface area contributed by atoms with Crippen LogP contribution in [0.3, 0.4) is 0 Å². The predicted octanol–water partition coefficient (Wildman–Crippen LogP) is 4.29. The minimum Gasteiger partial charge on any atom is -0.355 e. The van der Waals surface area contributed by atoms with Crippen molar-refractivity contribution in [2.75, 3.05) is 12.4 Å². The number of pyridine rings is 1. The molecule has 0 saturated heterocycles. The Morgan fingerprint density at radius 1 is 1.00 bits per heavy atom. The molecule has 0 aliphatic rings. The standard InChI is InChI=1S/C22H21N3O2S/c1-15-19(22(27)23-2)6-3-7-20(15)25-21(26)17-8-10-18(11-9-17)28-14-16-5-4-12-24-13-16/h3-13H,14H2,1-2H3,(H,23,27)(H,25,26). The van der Waals surface area contributed by atoms with Gasteiger partial charge in [-0.2, -0.15) is 0 Å². The molecule has 0 bridgehead atoms. The molecule has 0 atom stereocenters. The number of carbonyl (C=O) groups is 2. The third kappa shape index (κ3) is 4.78. The molecule has 3 aromatic rings. The van der Waals surface area contributed by atoms with Crippen LogP contribution < -0.4 is 10.6 Å².